The van der Waals surface area contributed by atoms with Crippen molar-refractivity contribution in [2.75, 3.05) is 13.2 Å². The summed E-state index contributed by atoms with van der Waals surface area (Å²) in [7, 11) is 0. The second kappa shape index (κ2) is 13.7. The van der Waals surface area contributed by atoms with E-state index in [1.165, 1.54) is 51.4 Å². The standard InChI is InChI=1S/C32H44N2O5/c1-4-18-38-23-19-26-30(28(20-23)39-27(5-2)32(36)37-6-3)29-24(31(33)35)16-13-17-25(29)34(26)21-22-14-11-9-7-8-10-12-15-22/h13,16-17,19-20,22,27H,4-12,14-15,18,21H2,1-3H3,(H2,33,35). The van der Waals surface area contributed by atoms with E-state index in [0.29, 0.717) is 36.0 Å². The molecule has 1 aliphatic carbocycles. The van der Waals surface area contributed by atoms with Crippen LogP contribution in [0.3, 0.4) is 0 Å². The van der Waals surface area contributed by atoms with E-state index in [9.17, 15) is 9.59 Å². The molecule has 1 atom stereocenters. The first-order chi connectivity index (χ1) is 19.0. The number of nitrogens with two attached hydrogens (primary N) is 1. The maximum absolute atomic E-state index is 12.7. The van der Waals surface area contributed by atoms with Gasteiger partial charge in [-0.3, -0.25) is 4.79 Å². The minimum atomic E-state index is -0.775. The lowest BCUT2D eigenvalue weighted by Crippen LogP contribution is -2.28. The smallest absolute Gasteiger partial charge is 0.347 e. The normalized spacial score (nSPS) is 15.9. The van der Waals surface area contributed by atoms with Crippen LogP contribution in [-0.4, -0.2) is 35.8 Å². The molecule has 0 aliphatic heterocycles. The van der Waals surface area contributed by atoms with E-state index < -0.39 is 18.0 Å². The lowest BCUT2D eigenvalue weighted by molar-refractivity contribution is -0.151. The van der Waals surface area contributed by atoms with Gasteiger partial charge in [0.1, 0.15) is 11.5 Å². The largest absolute Gasteiger partial charge is 0.493 e. The molecule has 1 amide bonds. The van der Waals surface area contributed by atoms with Gasteiger partial charge in [0.2, 0.25) is 5.91 Å². The lowest BCUT2D eigenvalue weighted by Gasteiger charge is -2.20. The summed E-state index contributed by atoms with van der Waals surface area (Å²) in [5.74, 6) is 0.823. The number of ether oxygens (including phenoxy) is 3. The Morgan fingerprint density at radius 1 is 0.974 bits per heavy atom. The van der Waals surface area contributed by atoms with Gasteiger partial charge in [-0.2, -0.15) is 0 Å². The Morgan fingerprint density at radius 2 is 1.69 bits per heavy atom. The van der Waals surface area contributed by atoms with Crippen molar-refractivity contribution in [3.05, 3.63) is 35.9 Å². The molecule has 1 unspecified atom stereocenters. The zero-order chi connectivity index (χ0) is 27.8. The maximum atomic E-state index is 12.7. The Hall–Kier alpha value is -3.22. The van der Waals surface area contributed by atoms with E-state index in [1.807, 2.05) is 25.1 Å². The summed E-state index contributed by atoms with van der Waals surface area (Å²) in [6, 6.07) is 9.59. The average molecular weight is 537 g/mol. The third-order valence-corrected chi connectivity index (χ3v) is 7.77. The van der Waals surface area contributed by atoms with Gasteiger partial charge in [0, 0.05) is 29.6 Å². The molecule has 39 heavy (non-hydrogen) atoms. The van der Waals surface area contributed by atoms with Gasteiger partial charge in [-0.05, 0) is 50.7 Å². The summed E-state index contributed by atoms with van der Waals surface area (Å²) in [6.45, 7) is 7.43. The van der Waals surface area contributed by atoms with Gasteiger partial charge >= 0.3 is 5.97 Å². The number of rotatable bonds is 11. The molecule has 3 aromatic rings. The Kier molecular flexibility index (Phi) is 10.1. The summed E-state index contributed by atoms with van der Waals surface area (Å²) in [6.07, 6.45) is 10.6. The van der Waals surface area contributed by atoms with Crippen molar-refractivity contribution in [1.29, 1.82) is 0 Å². The van der Waals surface area contributed by atoms with Gasteiger partial charge in [-0.1, -0.05) is 58.4 Å². The predicted octanol–water partition coefficient (Wildman–Crippen LogP) is 7.15. The van der Waals surface area contributed by atoms with Gasteiger partial charge in [-0.15, -0.1) is 0 Å². The van der Waals surface area contributed by atoms with Crippen LogP contribution in [0.15, 0.2) is 30.3 Å². The van der Waals surface area contributed by atoms with Crippen LogP contribution in [0.2, 0.25) is 0 Å². The minimum absolute atomic E-state index is 0.278. The summed E-state index contributed by atoms with van der Waals surface area (Å²) in [5.41, 5.74) is 8.22. The SMILES string of the molecule is CCCOc1cc(OC(CC)C(=O)OCC)c2c3c(C(N)=O)cccc3n(CC3CCCCCCCC3)c2c1. The molecule has 1 saturated carbocycles. The van der Waals surface area contributed by atoms with Crippen LogP contribution in [0.25, 0.3) is 21.8 Å². The number of primary amides is 1. The van der Waals surface area contributed by atoms with Crippen molar-refractivity contribution in [2.24, 2.45) is 11.7 Å². The van der Waals surface area contributed by atoms with Gasteiger partial charge in [-0.25, -0.2) is 4.79 Å². The van der Waals surface area contributed by atoms with Gasteiger partial charge in [0.25, 0.3) is 0 Å². The second-order valence-corrected chi connectivity index (χ2v) is 10.7. The highest BCUT2D eigenvalue weighted by Gasteiger charge is 2.26. The van der Waals surface area contributed by atoms with E-state index in [-0.39, 0.29) is 6.61 Å². The van der Waals surface area contributed by atoms with Crippen molar-refractivity contribution < 1.29 is 23.8 Å². The number of carbonyl (C=O) groups excluding carboxylic acids is 2. The Morgan fingerprint density at radius 3 is 2.33 bits per heavy atom. The van der Waals surface area contributed by atoms with Crippen molar-refractivity contribution in [1.82, 2.24) is 4.57 Å². The fraction of sp³-hybridized carbons (Fsp3) is 0.562. The van der Waals surface area contributed by atoms with Gasteiger partial charge in [0.15, 0.2) is 6.10 Å². The van der Waals surface area contributed by atoms with Crippen LogP contribution < -0.4 is 15.2 Å². The zero-order valence-corrected chi connectivity index (χ0v) is 23.8. The highest BCUT2D eigenvalue weighted by molar-refractivity contribution is 6.20. The van der Waals surface area contributed by atoms with Crippen LogP contribution in [0.5, 0.6) is 11.5 Å². The number of hydrogen-bond acceptors (Lipinski definition) is 5. The predicted molar refractivity (Wildman–Crippen MR) is 156 cm³/mol. The summed E-state index contributed by atoms with van der Waals surface area (Å²) < 4.78 is 20.1. The Balaban J connectivity index is 1.92. The quantitative estimate of drug-likeness (QED) is 0.263. The summed E-state index contributed by atoms with van der Waals surface area (Å²) in [4.78, 5) is 25.4. The molecule has 1 aliphatic rings. The highest BCUT2D eigenvalue weighted by atomic mass is 16.6. The third-order valence-electron chi connectivity index (χ3n) is 7.77. The molecule has 0 radical (unpaired) electrons. The van der Waals surface area contributed by atoms with E-state index in [4.69, 9.17) is 19.9 Å². The number of hydrogen-bond donors (Lipinski definition) is 1. The first-order valence-electron chi connectivity index (χ1n) is 14.8. The van der Waals surface area contributed by atoms with Crippen molar-refractivity contribution in [2.45, 2.75) is 97.6 Å². The molecule has 7 nitrogen and oxygen atoms in total. The minimum Gasteiger partial charge on any atom is -0.493 e. The van der Waals surface area contributed by atoms with E-state index in [0.717, 1.165) is 34.8 Å². The summed E-state index contributed by atoms with van der Waals surface area (Å²) in [5, 5.41) is 1.55. The molecule has 0 spiro atoms. The topological polar surface area (TPSA) is 92.8 Å². The Bertz CT molecular complexity index is 1270. The van der Waals surface area contributed by atoms with Crippen LogP contribution in [0.4, 0.5) is 0 Å². The van der Waals surface area contributed by atoms with Crippen LogP contribution >= 0.6 is 0 Å². The maximum Gasteiger partial charge on any atom is 0.347 e. The molecular weight excluding hydrogens is 492 g/mol. The van der Waals surface area contributed by atoms with E-state index in [2.05, 4.69) is 17.6 Å². The molecule has 1 heterocycles. The molecule has 0 saturated heterocycles. The van der Waals surface area contributed by atoms with E-state index >= 15 is 0 Å². The number of amides is 1. The lowest BCUT2D eigenvalue weighted by atomic mass is 9.96. The molecule has 1 fully saturated rings. The molecule has 2 aromatic carbocycles. The average Bonchev–Trinajstić information content (AvgIpc) is 3.31. The fourth-order valence-corrected chi connectivity index (χ4v) is 5.84. The number of aromatic nitrogens is 1. The molecule has 0 bridgehead atoms. The second-order valence-electron chi connectivity index (χ2n) is 10.7. The first-order valence-corrected chi connectivity index (χ1v) is 14.8. The molecular formula is C32H44N2O5. The molecule has 212 valence electrons. The highest BCUT2D eigenvalue weighted by Crippen LogP contribution is 2.42. The number of esters is 1. The fourth-order valence-electron chi connectivity index (χ4n) is 5.84. The summed E-state index contributed by atoms with van der Waals surface area (Å²) >= 11 is 0. The van der Waals surface area contributed by atoms with Crippen LogP contribution in [0.1, 0.15) is 95.3 Å². The van der Waals surface area contributed by atoms with Gasteiger partial charge < -0.3 is 24.5 Å². The molecule has 7 heteroatoms. The van der Waals surface area contributed by atoms with Crippen LogP contribution in [0, 0.1) is 5.92 Å². The molecule has 2 N–H and O–H groups in total. The van der Waals surface area contributed by atoms with Gasteiger partial charge in [0.05, 0.1) is 29.6 Å². The third kappa shape index (κ3) is 6.68. The number of nitrogens with zero attached hydrogens (tertiary/aromatic N) is 1. The number of fused-ring (bicyclic) bond motifs is 3. The molecule has 1 aromatic heterocycles. The van der Waals surface area contributed by atoms with Crippen molar-refractivity contribution >= 4 is 33.7 Å². The number of benzene rings is 2. The number of carbonyl (C=O) groups is 2. The Labute approximate surface area is 232 Å². The van der Waals surface area contributed by atoms with Crippen molar-refractivity contribution in [3.63, 3.8) is 0 Å². The first kappa shape index (κ1) is 28.8. The van der Waals surface area contributed by atoms with Crippen LogP contribution in [-0.2, 0) is 16.1 Å². The van der Waals surface area contributed by atoms with E-state index in [1.54, 1.807) is 13.0 Å². The molecule has 4 rings (SSSR count). The zero-order valence-electron chi connectivity index (χ0n) is 23.8. The van der Waals surface area contributed by atoms with Crippen molar-refractivity contribution in [3.8, 4) is 11.5 Å². The monoisotopic (exact) mass is 536 g/mol.